The topological polar surface area (TPSA) is 69.4 Å². The number of hydrogen-bond acceptors (Lipinski definition) is 5. The van der Waals surface area contributed by atoms with Crippen molar-refractivity contribution >= 4 is 0 Å². The second-order valence-electron chi connectivity index (χ2n) is 4.22. The summed E-state index contributed by atoms with van der Waals surface area (Å²) in [6.45, 7) is 3.82. The third kappa shape index (κ3) is 2.33. The van der Waals surface area contributed by atoms with Gasteiger partial charge in [-0.15, -0.1) is 10.2 Å². The van der Waals surface area contributed by atoms with E-state index in [1.165, 1.54) is 4.80 Å². The number of rotatable bonds is 2. The van der Waals surface area contributed by atoms with E-state index >= 15 is 0 Å². The van der Waals surface area contributed by atoms with Gasteiger partial charge in [0.15, 0.2) is 0 Å². The second-order valence-corrected chi connectivity index (χ2v) is 4.22. The Hall–Kier alpha value is -2.63. The van der Waals surface area contributed by atoms with Crippen molar-refractivity contribution < 1.29 is 0 Å². The highest BCUT2D eigenvalue weighted by molar-refractivity contribution is 5.53. The average Bonchev–Trinajstić information content (AvgIpc) is 2.88. The van der Waals surface area contributed by atoms with Crippen LogP contribution in [0.25, 0.3) is 17.3 Å². The van der Waals surface area contributed by atoms with Crippen molar-refractivity contribution in [1.29, 1.82) is 0 Å². The van der Waals surface area contributed by atoms with Crippen molar-refractivity contribution in [2.45, 2.75) is 13.8 Å². The van der Waals surface area contributed by atoms with E-state index in [-0.39, 0.29) is 0 Å². The standard InChI is InChI=1S/C13H12N6/c1-9-8-10(2)15-13(14-9)19-17-12(16-18-19)11-6-4-3-5-7-11/h3-8H,1-2H3. The van der Waals surface area contributed by atoms with Gasteiger partial charge in [0.25, 0.3) is 5.95 Å². The largest absolute Gasteiger partial charge is 0.271 e. The summed E-state index contributed by atoms with van der Waals surface area (Å²) in [4.78, 5) is 9.95. The fourth-order valence-electron chi connectivity index (χ4n) is 1.80. The molecule has 0 bridgehead atoms. The summed E-state index contributed by atoms with van der Waals surface area (Å²) in [5, 5.41) is 12.3. The van der Waals surface area contributed by atoms with Crippen LogP contribution in [0.5, 0.6) is 0 Å². The Morgan fingerprint density at radius 2 is 1.63 bits per heavy atom. The molecule has 1 aromatic carbocycles. The van der Waals surface area contributed by atoms with Gasteiger partial charge in [0.05, 0.1) is 0 Å². The minimum absolute atomic E-state index is 0.437. The maximum Gasteiger partial charge on any atom is 0.271 e. The van der Waals surface area contributed by atoms with Crippen LogP contribution in [-0.2, 0) is 0 Å². The second kappa shape index (κ2) is 4.56. The van der Waals surface area contributed by atoms with E-state index in [1.54, 1.807) is 0 Å². The fraction of sp³-hybridized carbons (Fsp3) is 0.154. The first-order chi connectivity index (χ1) is 9.22. The normalized spacial score (nSPS) is 10.6. The number of benzene rings is 1. The Bertz CT molecular complexity index is 684. The number of tetrazole rings is 1. The number of nitrogens with zero attached hydrogens (tertiary/aromatic N) is 6. The van der Waals surface area contributed by atoms with Crippen molar-refractivity contribution in [3.63, 3.8) is 0 Å². The molecule has 94 valence electrons. The summed E-state index contributed by atoms with van der Waals surface area (Å²) < 4.78 is 0. The van der Waals surface area contributed by atoms with Gasteiger partial charge in [-0.3, -0.25) is 0 Å². The molecule has 0 N–H and O–H groups in total. The third-order valence-electron chi connectivity index (χ3n) is 2.59. The Kier molecular flexibility index (Phi) is 2.75. The highest BCUT2D eigenvalue weighted by atomic mass is 15.6. The van der Waals surface area contributed by atoms with Gasteiger partial charge in [0, 0.05) is 17.0 Å². The summed E-state index contributed by atoms with van der Waals surface area (Å²) in [6, 6.07) is 11.6. The molecule has 3 aromatic rings. The van der Waals surface area contributed by atoms with E-state index in [9.17, 15) is 0 Å². The minimum atomic E-state index is 0.437. The lowest BCUT2D eigenvalue weighted by Crippen LogP contribution is -2.07. The van der Waals surface area contributed by atoms with Gasteiger partial charge in [-0.2, -0.15) is 0 Å². The molecule has 0 saturated carbocycles. The Labute approximate surface area is 110 Å². The molecule has 6 heteroatoms. The quantitative estimate of drug-likeness (QED) is 0.694. The summed E-state index contributed by atoms with van der Waals surface area (Å²) in [7, 11) is 0. The number of aryl methyl sites for hydroxylation is 2. The van der Waals surface area contributed by atoms with Crippen molar-refractivity contribution in [3.8, 4) is 17.3 Å². The molecule has 0 atom stereocenters. The molecule has 6 nitrogen and oxygen atoms in total. The molecule has 2 heterocycles. The molecule has 0 aliphatic carbocycles. The van der Waals surface area contributed by atoms with Gasteiger partial charge in [-0.1, -0.05) is 35.1 Å². The predicted molar refractivity (Wildman–Crippen MR) is 69.7 cm³/mol. The van der Waals surface area contributed by atoms with E-state index in [1.807, 2.05) is 50.2 Å². The number of aromatic nitrogens is 6. The van der Waals surface area contributed by atoms with Crippen molar-refractivity contribution in [2.24, 2.45) is 0 Å². The zero-order valence-corrected chi connectivity index (χ0v) is 10.6. The van der Waals surface area contributed by atoms with Gasteiger partial charge in [-0.25, -0.2) is 9.97 Å². The molecule has 0 aliphatic rings. The molecule has 19 heavy (non-hydrogen) atoms. The molecule has 0 fully saturated rings. The van der Waals surface area contributed by atoms with Crippen molar-refractivity contribution in [2.75, 3.05) is 0 Å². The predicted octanol–water partition coefficient (Wildman–Crippen LogP) is 1.74. The zero-order valence-electron chi connectivity index (χ0n) is 10.6. The third-order valence-corrected chi connectivity index (χ3v) is 2.59. The van der Waals surface area contributed by atoms with Gasteiger partial charge in [0.1, 0.15) is 0 Å². The van der Waals surface area contributed by atoms with Gasteiger partial charge in [-0.05, 0) is 25.1 Å². The minimum Gasteiger partial charge on any atom is -0.215 e. The molecule has 0 aliphatic heterocycles. The van der Waals surface area contributed by atoms with E-state index in [0.29, 0.717) is 11.8 Å². The van der Waals surface area contributed by atoms with Crippen LogP contribution in [-0.4, -0.2) is 30.2 Å². The van der Waals surface area contributed by atoms with Crippen LogP contribution < -0.4 is 0 Å². The molecule has 0 amide bonds. The Morgan fingerprint density at radius 1 is 0.947 bits per heavy atom. The van der Waals surface area contributed by atoms with Crippen LogP contribution in [0.15, 0.2) is 36.4 Å². The van der Waals surface area contributed by atoms with Crippen LogP contribution in [0.2, 0.25) is 0 Å². The van der Waals surface area contributed by atoms with Crippen LogP contribution >= 0.6 is 0 Å². The van der Waals surface area contributed by atoms with E-state index in [4.69, 9.17) is 0 Å². The highest BCUT2D eigenvalue weighted by Crippen LogP contribution is 2.12. The summed E-state index contributed by atoms with van der Waals surface area (Å²) in [5.41, 5.74) is 2.67. The van der Waals surface area contributed by atoms with Crippen molar-refractivity contribution in [3.05, 3.63) is 47.8 Å². The summed E-state index contributed by atoms with van der Waals surface area (Å²) in [6.07, 6.45) is 0. The van der Waals surface area contributed by atoms with E-state index in [0.717, 1.165) is 17.0 Å². The molecule has 2 aromatic heterocycles. The Balaban J connectivity index is 2.02. The summed E-state index contributed by atoms with van der Waals surface area (Å²) in [5.74, 6) is 0.996. The van der Waals surface area contributed by atoms with E-state index in [2.05, 4.69) is 25.4 Å². The molecular formula is C13H12N6. The van der Waals surface area contributed by atoms with Crippen LogP contribution in [0, 0.1) is 13.8 Å². The average molecular weight is 252 g/mol. The smallest absolute Gasteiger partial charge is 0.215 e. The monoisotopic (exact) mass is 252 g/mol. The Morgan fingerprint density at radius 3 is 2.32 bits per heavy atom. The lowest BCUT2D eigenvalue weighted by molar-refractivity contribution is 0.672. The lowest BCUT2D eigenvalue weighted by atomic mass is 10.2. The molecule has 0 radical (unpaired) electrons. The zero-order chi connectivity index (χ0) is 13.2. The molecule has 0 unspecified atom stereocenters. The lowest BCUT2D eigenvalue weighted by Gasteiger charge is -1.99. The SMILES string of the molecule is Cc1cc(C)nc(-n2nnc(-c3ccccc3)n2)n1. The van der Waals surface area contributed by atoms with Gasteiger partial charge < -0.3 is 0 Å². The van der Waals surface area contributed by atoms with Crippen LogP contribution in [0.1, 0.15) is 11.4 Å². The van der Waals surface area contributed by atoms with Gasteiger partial charge in [0.2, 0.25) is 5.82 Å². The molecule has 3 rings (SSSR count). The fourth-order valence-corrected chi connectivity index (χ4v) is 1.80. The van der Waals surface area contributed by atoms with E-state index < -0.39 is 0 Å². The van der Waals surface area contributed by atoms with Gasteiger partial charge >= 0.3 is 0 Å². The highest BCUT2D eigenvalue weighted by Gasteiger charge is 2.09. The maximum absolute atomic E-state index is 4.30. The number of hydrogen-bond donors (Lipinski definition) is 0. The first-order valence-electron chi connectivity index (χ1n) is 5.90. The van der Waals surface area contributed by atoms with Crippen LogP contribution in [0.4, 0.5) is 0 Å². The van der Waals surface area contributed by atoms with Crippen LogP contribution in [0.3, 0.4) is 0 Å². The molecular weight excluding hydrogens is 240 g/mol. The van der Waals surface area contributed by atoms with Crippen molar-refractivity contribution in [1.82, 2.24) is 30.2 Å². The molecule has 0 spiro atoms. The first kappa shape index (κ1) is 11.5. The molecule has 0 saturated heterocycles. The summed E-state index contributed by atoms with van der Waals surface area (Å²) >= 11 is 0. The first-order valence-corrected chi connectivity index (χ1v) is 5.90. The maximum atomic E-state index is 4.30.